The molecule has 1 aliphatic rings. The number of allylic oxidation sites excluding steroid dienone is 5. The standard InChI is InChI=1S/C14H13NO3/c16-14(18-13-10-6-3-7-11-13)15(17)12-8-4-1-2-5-9-12/h1-4,6-11,17H,5H2. The number of hydroxylamine groups is 2. The number of benzene rings is 1. The number of rotatable bonds is 2. The number of ether oxygens (including phenoxy) is 1. The molecule has 0 bridgehead atoms. The highest BCUT2D eigenvalue weighted by Gasteiger charge is 2.16. The summed E-state index contributed by atoms with van der Waals surface area (Å²) in [6, 6.07) is 8.60. The molecule has 0 radical (unpaired) electrons. The summed E-state index contributed by atoms with van der Waals surface area (Å²) in [6.07, 6.45) is 8.69. The van der Waals surface area contributed by atoms with E-state index in [1.807, 2.05) is 18.2 Å². The van der Waals surface area contributed by atoms with Gasteiger partial charge in [-0.2, -0.15) is 5.06 Å². The van der Waals surface area contributed by atoms with Crippen LogP contribution in [0.25, 0.3) is 0 Å². The summed E-state index contributed by atoms with van der Waals surface area (Å²) in [5.74, 6) is 0.387. The van der Waals surface area contributed by atoms with Crippen molar-refractivity contribution in [3.8, 4) is 5.75 Å². The van der Waals surface area contributed by atoms with Gasteiger partial charge in [0, 0.05) is 0 Å². The number of hydrogen-bond acceptors (Lipinski definition) is 3. The zero-order valence-corrected chi connectivity index (χ0v) is 9.69. The number of carbonyl (C=O) groups is 1. The van der Waals surface area contributed by atoms with Gasteiger partial charge in [-0.05, 0) is 24.6 Å². The first kappa shape index (κ1) is 12.1. The van der Waals surface area contributed by atoms with Crippen LogP contribution < -0.4 is 4.74 Å². The first-order valence-electron chi connectivity index (χ1n) is 5.56. The molecule has 2 rings (SSSR count). The van der Waals surface area contributed by atoms with E-state index in [2.05, 4.69) is 0 Å². The van der Waals surface area contributed by atoms with Crippen molar-refractivity contribution >= 4 is 6.09 Å². The average Bonchev–Trinajstić information content (AvgIpc) is 2.68. The second-order valence-electron chi connectivity index (χ2n) is 3.64. The molecule has 0 atom stereocenters. The van der Waals surface area contributed by atoms with E-state index in [1.54, 1.807) is 42.5 Å². The first-order chi connectivity index (χ1) is 8.77. The van der Waals surface area contributed by atoms with Gasteiger partial charge in [0.25, 0.3) is 0 Å². The summed E-state index contributed by atoms with van der Waals surface area (Å²) >= 11 is 0. The van der Waals surface area contributed by atoms with Gasteiger partial charge in [-0.25, -0.2) is 4.79 Å². The quantitative estimate of drug-likeness (QED) is 0.640. The fourth-order valence-corrected chi connectivity index (χ4v) is 1.46. The van der Waals surface area contributed by atoms with E-state index in [4.69, 9.17) is 4.74 Å². The molecule has 4 heteroatoms. The highest BCUT2D eigenvalue weighted by atomic mass is 16.6. The zero-order valence-electron chi connectivity index (χ0n) is 9.69. The van der Waals surface area contributed by atoms with Crippen molar-refractivity contribution in [1.82, 2.24) is 5.06 Å². The van der Waals surface area contributed by atoms with Crippen molar-refractivity contribution in [2.75, 3.05) is 0 Å². The lowest BCUT2D eigenvalue weighted by atomic mass is 10.3. The Morgan fingerprint density at radius 1 is 1.22 bits per heavy atom. The van der Waals surface area contributed by atoms with E-state index in [-0.39, 0.29) is 0 Å². The monoisotopic (exact) mass is 243 g/mol. The van der Waals surface area contributed by atoms with Crippen molar-refractivity contribution in [3.05, 3.63) is 66.4 Å². The molecule has 1 aliphatic carbocycles. The van der Waals surface area contributed by atoms with Crippen LogP contribution in [-0.4, -0.2) is 16.4 Å². The maximum Gasteiger partial charge on any atom is 0.444 e. The maximum absolute atomic E-state index is 11.7. The van der Waals surface area contributed by atoms with Gasteiger partial charge in [-0.1, -0.05) is 42.5 Å². The van der Waals surface area contributed by atoms with Crippen LogP contribution in [0.1, 0.15) is 6.42 Å². The summed E-state index contributed by atoms with van der Waals surface area (Å²) in [7, 11) is 0. The second-order valence-corrected chi connectivity index (χ2v) is 3.64. The van der Waals surface area contributed by atoms with Crippen LogP contribution in [0, 0.1) is 0 Å². The molecule has 1 amide bonds. The Bertz CT molecular complexity index is 503. The largest absolute Gasteiger partial charge is 0.444 e. The van der Waals surface area contributed by atoms with Crippen LogP contribution in [0.5, 0.6) is 5.75 Å². The normalized spacial score (nSPS) is 13.7. The highest BCUT2D eigenvalue weighted by molar-refractivity contribution is 5.72. The van der Waals surface area contributed by atoms with E-state index in [9.17, 15) is 10.0 Å². The summed E-state index contributed by atoms with van der Waals surface area (Å²) in [5.41, 5.74) is 0.390. The minimum absolute atomic E-state index is 0.387. The molecule has 1 aromatic carbocycles. The Hall–Kier alpha value is -2.33. The molecule has 4 nitrogen and oxygen atoms in total. The van der Waals surface area contributed by atoms with Gasteiger partial charge in [0.2, 0.25) is 0 Å². The van der Waals surface area contributed by atoms with Crippen molar-refractivity contribution in [3.63, 3.8) is 0 Å². The topological polar surface area (TPSA) is 49.8 Å². The molecule has 0 unspecified atom stereocenters. The Kier molecular flexibility index (Phi) is 3.94. The molecule has 1 aromatic rings. The molecular formula is C14H13NO3. The molecule has 0 saturated carbocycles. The van der Waals surface area contributed by atoms with Gasteiger partial charge in [0.05, 0.1) is 5.70 Å². The van der Waals surface area contributed by atoms with E-state index in [1.165, 1.54) is 0 Å². The van der Waals surface area contributed by atoms with Crippen molar-refractivity contribution in [1.29, 1.82) is 0 Å². The molecule has 0 aromatic heterocycles. The SMILES string of the molecule is O=C(Oc1ccccc1)N(O)C1=CCC=CC=C1. The Morgan fingerprint density at radius 2 is 2.00 bits per heavy atom. The second kappa shape index (κ2) is 5.84. The smallest absolute Gasteiger partial charge is 0.408 e. The van der Waals surface area contributed by atoms with Crippen LogP contribution in [0.15, 0.2) is 66.4 Å². The van der Waals surface area contributed by atoms with Crippen molar-refractivity contribution < 1.29 is 14.7 Å². The Labute approximate surface area is 105 Å². The van der Waals surface area contributed by atoms with Gasteiger partial charge in [0.1, 0.15) is 5.75 Å². The van der Waals surface area contributed by atoms with Crippen LogP contribution in [0.4, 0.5) is 4.79 Å². The van der Waals surface area contributed by atoms with Crippen LogP contribution in [0.2, 0.25) is 0 Å². The number of carbonyl (C=O) groups excluding carboxylic acids is 1. The van der Waals surface area contributed by atoms with E-state index >= 15 is 0 Å². The predicted octanol–water partition coefficient (Wildman–Crippen LogP) is 3.28. The number of nitrogens with zero attached hydrogens (tertiary/aromatic N) is 1. The van der Waals surface area contributed by atoms with Gasteiger partial charge >= 0.3 is 6.09 Å². The molecule has 0 spiro atoms. The number of para-hydroxylation sites is 1. The van der Waals surface area contributed by atoms with E-state index in [0.717, 1.165) is 0 Å². The van der Waals surface area contributed by atoms with Gasteiger partial charge < -0.3 is 4.74 Å². The molecule has 0 fully saturated rings. The predicted molar refractivity (Wildman–Crippen MR) is 67.1 cm³/mol. The fraction of sp³-hybridized carbons (Fsp3) is 0.0714. The minimum atomic E-state index is -0.834. The number of amides is 1. The molecule has 1 N–H and O–H groups in total. The Balaban J connectivity index is 2.03. The van der Waals surface area contributed by atoms with Gasteiger partial charge in [-0.15, -0.1) is 0 Å². The molecule has 0 aliphatic heterocycles. The van der Waals surface area contributed by atoms with Crippen molar-refractivity contribution in [2.45, 2.75) is 6.42 Å². The van der Waals surface area contributed by atoms with Crippen LogP contribution in [-0.2, 0) is 0 Å². The fourth-order valence-electron chi connectivity index (χ4n) is 1.46. The summed E-state index contributed by atoms with van der Waals surface area (Å²) < 4.78 is 5.01. The molecule has 92 valence electrons. The summed E-state index contributed by atoms with van der Waals surface area (Å²) in [5, 5.41) is 10.2. The molecule has 18 heavy (non-hydrogen) atoms. The lowest BCUT2D eigenvalue weighted by Gasteiger charge is -2.15. The zero-order chi connectivity index (χ0) is 12.8. The molecular weight excluding hydrogens is 230 g/mol. The third kappa shape index (κ3) is 3.09. The highest BCUT2D eigenvalue weighted by Crippen LogP contribution is 2.14. The third-order valence-electron chi connectivity index (χ3n) is 2.34. The van der Waals surface area contributed by atoms with Crippen molar-refractivity contribution in [2.24, 2.45) is 0 Å². The number of hydrogen-bond donors (Lipinski definition) is 1. The lowest BCUT2D eigenvalue weighted by molar-refractivity contribution is -0.0259. The van der Waals surface area contributed by atoms with Crippen LogP contribution >= 0.6 is 0 Å². The average molecular weight is 243 g/mol. The third-order valence-corrected chi connectivity index (χ3v) is 2.34. The maximum atomic E-state index is 11.7. The van der Waals surface area contributed by atoms with Gasteiger partial charge in [-0.3, -0.25) is 5.21 Å². The van der Waals surface area contributed by atoms with E-state index in [0.29, 0.717) is 22.9 Å². The summed E-state index contributed by atoms with van der Waals surface area (Å²) in [6.45, 7) is 0. The lowest BCUT2D eigenvalue weighted by Crippen LogP contribution is -2.29. The summed E-state index contributed by atoms with van der Waals surface area (Å²) in [4.78, 5) is 11.7. The molecule has 0 saturated heterocycles. The first-order valence-corrected chi connectivity index (χ1v) is 5.56. The van der Waals surface area contributed by atoms with Crippen LogP contribution in [0.3, 0.4) is 0 Å². The van der Waals surface area contributed by atoms with Gasteiger partial charge in [0.15, 0.2) is 0 Å². The Morgan fingerprint density at radius 3 is 2.78 bits per heavy atom. The van der Waals surface area contributed by atoms with E-state index < -0.39 is 6.09 Å². The minimum Gasteiger partial charge on any atom is -0.408 e. The molecule has 0 heterocycles.